The third-order valence-corrected chi connectivity index (χ3v) is 4.63. The number of nitrogens with zero attached hydrogens (tertiary/aromatic N) is 2. The van der Waals surface area contributed by atoms with Crippen LogP contribution in [0.2, 0.25) is 0 Å². The van der Waals surface area contributed by atoms with Gasteiger partial charge in [-0.2, -0.15) is 0 Å². The van der Waals surface area contributed by atoms with Crippen molar-refractivity contribution in [1.82, 2.24) is 15.5 Å². The van der Waals surface area contributed by atoms with Crippen molar-refractivity contribution in [2.75, 3.05) is 32.8 Å². The maximum absolute atomic E-state index is 14.0. The van der Waals surface area contributed by atoms with Crippen LogP contribution in [0.3, 0.4) is 0 Å². The van der Waals surface area contributed by atoms with Gasteiger partial charge in [0.2, 0.25) is 0 Å². The van der Waals surface area contributed by atoms with Crippen molar-refractivity contribution < 1.29 is 13.5 Å². The summed E-state index contributed by atoms with van der Waals surface area (Å²) in [4.78, 5) is 7.04. The second-order valence-corrected chi connectivity index (χ2v) is 6.76. The smallest absolute Gasteiger partial charge is 0.191 e. The van der Waals surface area contributed by atoms with Gasteiger partial charge in [-0.15, -0.1) is 24.0 Å². The Morgan fingerprint density at radius 2 is 2.11 bits per heavy atom. The fourth-order valence-electron chi connectivity index (χ4n) is 3.18. The minimum absolute atomic E-state index is 0. The monoisotopic (exact) mass is 496 g/mol. The molecule has 0 bridgehead atoms. The maximum atomic E-state index is 14.0. The van der Waals surface area contributed by atoms with Crippen LogP contribution in [0.1, 0.15) is 39.3 Å². The lowest BCUT2D eigenvalue weighted by molar-refractivity contribution is -0.0165. The summed E-state index contributed by atoms with van der Waals surface area (Å²) in [6, 6.07) is 3.95. The zero-order valence-corrected chi connectivity index (χ0v) is 18.8. The van der Waals surface area contributed by atoms with E-state index >= 15 is 0 Å². The van der Waals surface area contributed by atoms with E-state index in [1.54, 1.807) is 0 Å². The molecule has 0 radical (unpaired) electrons. The van der Waals surface area contributed by atoms with Gasteiger partial charge in [0.15, 0.2) is 5.96 Å². The van der Waals surface area contributed by atoms with Crippen LogP contribution in [0.15, 0.2) is 23.2 Å². The molecule has 1 saturated heterocycles. The summed E-state index contributed by atoms with van der Waals surface area (Å²) in [7, 11) is 0. The molecule has 1 fully saturated rings. The predicted molar refractivity (Wildman–Crippen MR) is 116 cm³/mol. The highest BCUT2D eigenvalue weighted by Crippen LogP contribution is 2.17. The molecule has 27 heavy (non-hydrogen) atoms. The average Bonchev–Trinajstić information content (AvgIpc) is 2.59. The van der Waals surface area contributed by atoms with Gasteiger partial charge in [0, 0.05) is 36.8 Å². The maximum Gasteiger partial charge on any atom is 0.191 e. The molecule has 3 unspecified atom stereocenters. The second-order valence-electron chi connectivity index (χ2n) is 6.76. The van der Waals surface area contributed by atoms with Gasteiger partial charge in [-0.05, 0) is 33.8 Å². The summed E-state index contributed by atoms with van der Waals surface area (Å²) in [5, 5.41) is 6.38. The van der Waals surface area contributed by atoms with Gasteiger partial charge in [0.05, 0.1) is 25.8 Å². The first-order chi connectivity index (χ1) is 12.4. The zero-order chi connectivity index (χ0) is 19.1. The lowest BCUT2D eigenvalue weighted by atomic mass is 10.1. The number of rotatable bonds is 6. The van der Waals surface area contributed by atoms with Crippen LogP contribution in [0.25, 0.3) is 0 Å². The summed E-state index contributed by atoms with van der Waals surface area (Å²) in [5.41, 5.74) is 0.409. The van der Waals surface area contributed by atoms with E-state index < -0.39 is 11.6 Å². The molecule has 0 aromatic heterocycles. The first-order valence-electron chi connectivity index (χ1n) is 9.25. The van der Waals surface area contributed by atoms with Crippen LogP contribution < -0.4 is 10.6 Å². The molecule has 0 spiro atoms. The Hall–Kier alpha value is -1.00. The van der Waals surface area contributed by atoms with Gasteiger partial charge in [-0.1, -0.05) is 6.07 Å². The normalized spacial score (nSPS) is 20.5. The second kappa shape index (κ2) is 11.8. The standard InChI is InChI=1S/C19H30F2N4O.HI/c1-5-22-19(23-11-13(2)25-8-9-26-12-14(25)3)24-15(4)17-7-6-16(20)10-18(17)21;/h6-7,10,13-15H,5,8-9,11-12H2,1-4H3,(H2,22,23,24);1H. The Bertz CT molecular complexity index is 617. The van der Waals surface area contributed by atoms with Crippen molar-refractivity contribution >= 4 is 29.9 Å². The summed E-state index contributed by atoms with van der Waals surface area (Å²) < 4.78 is 32.6. The minimum Gasteiger partial charge on any atom is -0.379 e. The Kier molecular flexibility index (Phi) is 10.5. The molecule has 0 amide bonds. The number of benzene rings is 1. The third kappa shape index (κ3) is 7.15. The number of guanidine groups is 1. The molecule has 2 rings (SSSR count). The molecule has 1 aromatic rings. The van der Waals surface area contributed by atoms with E-state index in [0.29, 0.717) is 30.7 Å². The molecule has 1 aromatic carbocycles. The highest BCUT2D eigenvalue weighted by atomic mass is 127. The van der Waals surface area contributed by atoms with Crippen molar-refractivity contribution in [2.24, 2.45) is 4.99 Å². The van der Waals surface area contributed by atoms with Crippen molar-refractivity contribution in [3.8, 4) is 0 Å². The lowest BCUT2D eigenvalue weighted by Crippen LogP contribution is -2.49. The van der Waals surface area contributed by atoms with Crippen LogP contribution in [-0.2, 0) is 4.74 Å². The molecule has 0 aliphatic carbocycles. The third-order valence-electron chi connectivity index (χ3n) is 4.63. The van der Waals surface area contributed by atoms with Gasteiger partial charge >= 0.3 is 0 Å². The fourth-order valence-corrected chi connectivity index (χ4v) is 3.18. The Morgan fingerprint density at radius 1 is 1.37 bits per heavy atom. The topological polar surface area (TPSA) is 48.9 Å². The molecule has 154 valence electrons. The molecule has 5 nitrogen and oxygen atoms in total. The number of hydrogen-bond donors (Lipinski definition) is 2. The Balaban J connectivity index is 0.00000364. The number of hydrogen-bond acceptors (Lipinski definition) is 3. The zero-order valence-electron chi connectivity index (χ0n) is 16.5. The summed E-state index contributed by atoms with van der Waals surface area (Å²) >= 11 is 0. The SMILES string of the molecule is CCNC(=NCC(C)N1CCOCC1C)NC(C)c1ccc(F)cc1F.I. The van der Waals surface area contributed by atoms with E-state index in [1.807, 2.05) is 13.8 Å². The highest BCUT2D eigenvalue weighted by molar-refractivity contribution is 14.0. The molecular weight excluding hydrogens is 465 g/mol. The van der Waals surface area contributed by atoms with Crippen molar-refractivity contribution in [1.29, 1.82) is 0 Å². The fraction of sp³-hybridized carbons (Fsp3) is 0.632. The van der Waals surface area contributed by atoms with Gasteiger partial charge < -0.3 is 15.4 Å². The molecular formula is C19H31F2IN4O. The average molecular weight is 496 g/mol. The van der Waals surface area contributed by atoms with Crippen LogP contribution in [0, 0.1) is 11.6 Å². The molecule has 1 aliphatic heterocycles. The number of ether oxygens (including phenoxy) is 1. The summed E-state index contributed by atoms with van der Waals surface area (Å²) in [6.07, 6.45) is 0. The van der Waals surface area contributed by atoms with E-state index in [0.717, 1.165) is 25.8 Å². The number of nitrogens with one attached hydrogen (secondary N) is 2. The first-order valence-corrected chi connectivity index (χ1v) is 9.25. The van der Waals surface area contributed by atoms with Crippen molar-refractivity contribution in [3.05, 3.63) is 35.4 Å². The lowest BCUT2D eigenvalue weighted by Gasteiger charge is -2.37. The largest absolute Gasteiger partial charge is 0.379 e. The van der Waals surface area contributed by atoms with Gasteiger partial charge in [-0.25, -0.2) is 8.78 Å². The number of aliphatic imine (C=N–C) groups is 1. The van der Waals surface area contributed by atoms with Crippen LogP contribution in [0.5, 0.6) is 0 Å². The number of halogens is 3. The van der Waals surface area contributed by atoms with E-state index in [2.05, 4.69) is 34.4 Å². The van der Waals surface area contributed by atoms with Crippen LogP contribution in [0.4, 0.5) is 8.78 Å². The molecule has 8 heteroatoms. The highest BCUT2D eigenvalue weighted by Gasteiger charge is 2.23. The molecule has 2 N–H and O–H groups in total. The molecule has 1 heterocycles. The quantitative estimate of drug-likeness (QED) is 0.361. The molecule has 3 atom stereocenters. The summed E-state index contributed by atoms with van der Waals surface area (Å²) in [6.45, 7) is 11.8. The molecule has 1 aliphatic rings. The van der Waals surface area contributed by atoms with E-state index in [-0.39, 0.29) is 36.1 Å². The first kappa shape index (κ1) is 24.0. The van der Waals surface area contributed by atoms with Gasteiger partial charge in [0.1, 0.15) is 11.6 Å². The minimum atomic E-state index is -0.576. The molecule has 0 saturated carbocycles. The van der Waals surface area contributed by atoms with Crippen molar-refractivity contribution in [2.45, 2.75) is 45.8 Å². The Morgan fingerprint density at radius 3 is 2.74 bits per heavy atom. The van der Waals surface area contributed by atoms with E-state index in [1.165, 1.54) is 12.1 Å². The Labute approximate surface area is 178 Å². The summed E-state index contributed by atoms with van der Waals surface area (Å²) in [5.74, 6) is -0.514. The predicted octanol–water partition coefficient (Wildman–Crippen LogP) is 3.31. The number of morpholine rings is 1. The van der Waals surface area contributed by atoms with Crippen LogP contribution >= 0.6 is 24.0 Å². The van der Waals surface area contributed by atoms with Gasteiger partial charge in [0.25, 0.3) is 0 Å². The van der Waals surface area contributed by atoms with Crippen LogP contribution in [-0.4, -0.2) is 55.8 Å². The van der Waals surface area contributed by atoms with Gasteiger partial charge in [-0.3, -0.25) is 9.89 Å². The van der Waals surface area contributed by atoms with E-state index in [4.69, 9.17) is 4.74 Å². The van der Waals surface area contributed by atoms with Crippen molar-refractivity contribution in [3.63, 3.8) is 0 Å². The van der Waals surface area contributed by atoms with E-state index in [9.17, 15) is 8.78 Å².